The number of alkyl halides is 2. The Bertz CT molecular complexity index is 316. The van der Waals surface area contributed by atoms with Crippen LogP contribution in [-0.2, 0) is 5.92 Å². The summed E-state index contributed by atoms with van der Waals surface area (Å²) >= 11 is 0. The van der Waals surface area contributed by atoms with Gasteiger partial charge in [0.1, 0.15) is 11.4 Å². The number of nitrogens with zero attached hydrogens (tertiary/aromatic N) is 2. The summed E-state index contributed by atoms with van der Waals surface area (Å²) in [5.41, 5.74) is -0.342. The molecular weight excluding hydrogens is 178 g/mol. The Hall–Kier alpha value is -1.39. The molecule has 3 nitrogen and oxygen atoms in total. The van der Waals surface area contributed by atoms with Crippen LogP contribution in [0.15, 0.2) is 12.4 Å². The second-order valence-electron chi connectivity index (χ2n) is 2.73. The zero-order chi connectivity index (χ0) is 10.1. The van der Waals surface area contributed by atoms with Crippen molar-refractivity contribution in [2.24, 2.45) is 0 Å². The van der Waals surface area contributed by atoms with Crippen LogP contribution in [-0.4, -0.2) is 15.8 Å². The van der Waals surface area contributed by atoms with Gasteiger partial charge in [0.05, 0.1) is 12.4 Å². The Morgan fingerprint density at radius 1 is 1.38 bits per heavy atom. The van der Waals surface area contributed by atoms with Crippen molar-refractivity contribution in [1.29, 1.82) is 0 Å². The van der Waals surface area contributed by atoms with Crippen molar-refractivity contribution in [2.75, 3.05) is 0 Å². The van der Waals surface area contributed by atoms with E-state index in [0.717, 1.165) is 19.3 Å². The van der Waals surface area contributed by atoms with Crippen LogP contribution in [0.2, 0.25) is 0 Å². The molecule has 0 N–H and O–H groups in total. The largest absolute Gasteiger partial charge is 0.293 e. The van der Waals surface area contributed by atoms with E-state index in [0.29, 0.717) is 0 Å². The average molecular weight is 186 g/mol. The minimum atomic E-state index is -3.01. The molecule has 0 atom stereocenters. The molecule has 13 heavy (non-hydrogen) atoms. The molecule has 0 aliphatic rings. The fourth-order valence-corrected chi connectivity index (χ4v) is 0.737. The Labute approximate surface area is 73.8 Å². The highest BCUT2D eigenvalue weighted by molar-refractivity contribution is 5.91. The Morgan fingerprint density at radius 3 is 2.31 bits per heavy atom. The van der Waals surface area contributed by atoms with Crippen molar-refractivity contribution in [2.45, 2.75) is 19.8 Å². The Balaban J connectivity index is 3.01. The molecule has 0 radical (unpaired) electrons. The molecule has 0 saturated carbocycles. The number of rotatable bonds is 2. The minimum absolute atomic E-state index is 0.0907. The van der Waals surface area contributed by atoms with E-state index in [-0.39, 0.29) is 11.5 Å². The molecule has 0 aliphatic carbocycles. The smallest absolute Gasteiger partial charge is 0.288 e. The van der Waals surface area contributed by atoms with Crippen LogP contribution in [0.3, 0.4) is 0 Å². The maximum Gasteiger partial charge on any atom is 0.288 e. The normalized spacial score (nSPS) is 11.4. The molecule has 0 bridgehead atoms. The second-order valence-corrected chi connectivity index (χ2v) is 2.73. The van der Waals surface area contributed by atoms with E-state index in [2.05, 4.69) is 9.97 Å². The van der Waals surface area contributed by atoms with Crippen molar-refractivity contribution >= 4 is 5.78 Å². The molecule has 0 saturated heterocycles. The van der Waals surface area contributed by atoms with Gasteiger partial charge in [0.15, 0.2) is 5.78 Å². The first kappa shape index (κ1) is 9.70. The first-order valence-electron chi connectivity index (χ1n) is 3.62. The van der Waals surface area contributed by atoms with Crippen LogP contribution >= 0.6 is 0 Å². The molecule has 70 valence electrons. The monoisotopic (exact) mass is 186 g/mol. The van der Waals surface area contributed by atoms with Crippen LogP contribution < -0.4 is 0 Å². The van der Waals surface area contributed by atoms with Gasteiger partial charge in [-0.25, -0.2) is 4.98 Å². The van der Waals surface area contributed by atoms with Gasteiger partial charge in [-0.15, -0.1) is 0 Å². The number of aromatic nitrogens is 2. The molecule has 0 aliphatic heterocycles. The van der Waals surface area contributed by atoms with Crippen LogP contribution in [0.1, 0.15) is 30.0 Å². The van der Waals surface area contributed by atoms with E-state index < -0.39 is 11.6 Å². The number of ketones is 1. The molecule has 1 rings (SSSR count). The SMILES string of the molecule is CC(=O)c1cnc(C(C)(F)F)cn1. The minimum Gasteiger partial charge on any atom is -0.293 e. The molecule has 1 aromatic heterocycles. The average Bonchev–Trinajstić information content (AvgIpc) is 2.03. The maximum atomic E-state index is 12.6. The quantitative estimate of drug-likeness (QED) is 0.661. The lowest BCUT2D eigenvalue weighted by Gasteiger charge is -2.07. The molecule has 0 amide bonds. The van der Waals surface area contributed by atoms with Crippen LogP contribution in [0.5, 0.6) is 0 Å². The molecule has 1 aromatic rings. The predicted molar refractivity (Wildman–Crippen MR) is 41.6 cm³/mol. The summed E-state index contributed by atoms with van der Waals surface area (Å²) in [5, 5.41) is 0. The maximum absolute atomic E-state index is 12.6. The standard InChI is InChI=1S/C8H8F2N2O/c1-5(13)6-3-12-7(4-11-6)8(2,9)10/h3-4H,1-2H3. The van der Waals surface area contributed by atoms with Crippen molar-refractivity contribution in [3.05, 3.63) is 23.8 Å². The summed E-state index contributed by atoms with van der Waals surface area (Å²) < 4.78 is 25.2. The van der Waals surface area contributed by atoms with Gasteiger partial charge < -0.3 is 0 Å². The fraction of sp³-hybridized carbons (Fsp3) is 0.375. The van der Waals surface area contributed by atoms with Gasteiger partial charge in [0.2, 0.25) is 0 Å². The van der Waals surface area contributed by atoms with E-state index in [9.17, 15) is 13.6 Å². The van der Waals surface area contributed by atoms with Gasteiger partial charge in [0.25, 0.3) is 5.92 Å². The number of Topliss-reactive ketones (excluding diaryl/α,β-unsaturated/α-hetero) is 1. The van der Waals surface area contributed by atoms with Gasteiger partial charge in [-0.05, 0) is 0 Å². The molecule has 0 fully saturated rings. The van der Waals surface area contributed by atoms with Gasteiger partial charge >= 0.3 is 0 Å². The highest BCUT2D eigenvalue weighted by Crippen LogP contribution is 2.23. The van der Waals surface area contributed by atoms with Gasteiger partial charge in [-0.3, -0.25) is 9.78 Å². The third-order valence-electron chi connectivity index (χ3n) is 1.46. The number of hydrogen-bond acceptors (Lipinski definition) is 3. The first-order chi connectivity index (χ1) is 5.91. The van der Waals surface area contributed by atoms with Crippen molar-refractivity contribution in [3.8, 4) is 0 Å². The zero-order valence-corrected chi connectivity index (χ0v) is 7.21. The lowest BCUT2D eigenvalue weighted by Crippen LogP contribution is -2.11. The molecule has 1 heterocycles. The van der Waals surface area contributed by atoms with Crippen molar-refractivity contribution < 1.29 is 13.6 Å². The van der Waals surface area contributed by atoms with Crippen LogP contribution in [0, 0.1) is 0 Å². The highest BCUT2D eigenvalue weighted by Gasteiger charge is 2.26. The van der Waals surface area contributed by atoms with Crippen LogP contribution in [0.25, 0.3) is 0 Å². The molecule has 0 spiro atoms. The molecule has 0 aromatic carbocycles. The van der Waals surface area contributed by atoms with Crippen molar-refractivity contribution in [3.63, 3.8) is 0 Å². The number of carbonyl (C=O) groups is 1. The summed E-state index contributed by atoms with van der Waals surface area (Å²) in [6, 6.07) is 0. The Morgan fingerprint density at radius 2 is 2.00 bits per heavy atom. The third kappa shape index (κ3) is 2.27. The molecular formula is C8H8F2N2O. The van der Waals surface area contributed by atoms with E-state index in [4.69, 9.17) is 0 Å². The summed E-state index contributed by atoms with van der Waals surface area (Å²) in [4.78, 5) is 17.7. The van der Waals surface area contributed by atoms with Crippen LogP contribution in [0.4, 0.5) is 8.78 Å². The molecule has 5 heteroatoms. The fourth-order valence-electron chi connectivity index (χ4n) is 0.737. The van der Waals surface area contributed by atoms with E-state index in [1.807, 2.05) is 0 Å². The zero-order valence-electron chi connectivity index (χ0n) is 7.21. The van der Waals surface area contributed by atoms with E-state index in [1.54, 1.807) is 0 Å². The third-order valence-corrected chi connectivity index (χ3v) is 1.46. The molecule has 0 unspecified atom stereocenters. The highest BCUT2D eigenvalue weighted by atomic mass is 19.3. The lowest BCUT2D eigenvalue weighted by molar-refractivity contribution is 0.0123. The van der Waals surface area contributed by atoms with Gasteiger partial charge in [0, 0.05) is 13.8 Å². The second kappa shape index (κ2) is 3.16. The first-order valence-corrected chi connectivity index (χ1v) is 3.62. The lowest BCUT2D eigenvalue weighted by atomic mass is 10.2. The van der Waals surface area contributed by atoms with Crippen molar-refractivity contribution in [1.82, 2.24) is 9.97 Å². The summed E-state index contributed by atoms with van der Waals surface area (Å²) in [5.74, 6) is -3.30. The Kier molecular flexibility index (Phi) is 2.36. The van der Waals surface area contributed by atoms with E-state index in [1.165, 1.54) is 6.92 Å². The number of hydrogen-bond donors (Lipinski definition) is 0. The predicted octanol–water partition coefficient (Wildman–Crippen LogP) is 1.79. The topological polar surface area (TPSA) is 42.9 Å². The van der Waals surface area contributed by atoms with Gasteiger partial charge in [-0.1, -0.05) is 0 Å². The summed E-state index contributed by atoms with van der Waals surface area (Å²) in [7, 11) is 0. The van der Waals surface area contributed by atoms with Gasteiger partial charge in [-0.2, -0.15) is 8.78 Å². The summed E-state index contributed by atoms with van der Waals surface area (Å²) in [6.07, 6.45) is 1.96. The number of carbonyl (C=O) groups excluding carboxylic acids is 1. The summed E-state index contributed by atoms with van der Waals surface area (Å²) in [6.45, 7) is 2.03. The van der Waals surface area contributed by atoms with E-state index >= 15 is 0 Å². The number of halogens is 2.